The average Bonchev–Trinajstić information content (AvgIpc) is 2.63. The summed E-state index contributed by atoms with van der Waals surface area (Å²) >= 11 is 0. The van der Waals surface area contributed by atoms with Crippen LogP contribution in [-0.4, -0.2) is 24.5 Å². The Morgan fingerprint density at radius 2 is 2.00 bits per heavy atom. The highest BCUT2D eigenvalue weighted by Crippen LogP contribution is 2.30. The number of carbonyl (C=O) groups is 1. The van der Waals surface area contributed by atoms with E-state index >= 15 is 0 Å². The normalized spacial score (nSPS) is 10.6. The van der Waals surface area contributed by atoms with E-state index in [0.29, 0.717) is 24.3 Å². The van der Waals surface area contributed by atoms with Gasteiger partial charge in [0, 0.05) is 29.9 Å². The maximum absolute atomic E-state index is 12.4. The van der Waals surface area contributed by atoms with E-state index in [1.54, 1.807) is 30.4 Å². The fourth-order valence-corrected chi connectivity index (χ4v) is 2.43. The zero-order valence-electron chi connectivity index (χ0n) is 14.6. The molecule has 0 unspecified atom stereocenters. The third-order valence-electron chi connectivity index (χ3n) is 3.75. The maximum atomic E-state index is 12.4. The van der Waals surface area contributed by atoms with Crippen LogP contribution < -0.4 is 10.1 Å². The first-order chi connectivity index (χ1) is 12.1. The molecule has 2 rings (SSSR count). The summed E-state index contributed by atoms with van der Waals surface area (Å²) in [4.78, 5) is 12.4. The van der Waals surface area contributed by atoms with Crippen molar-refractivity contribution in [2.24, 2.45) is 0 Å². The molecule has 25 heavy (non-hydrogen) atoms. The minimum Gasteiger partial charge on any atom is -0.508 e. The summed E-state index contributed by atoms with van der Waals surface area (Å²) in [6.07, 6.45) is 5.49. The van der Waals surface area contributed by atoms with Gasteiger partial charge < -0.3 is 15.2 Å². The van der Waals surface area contributed by atoms with Crippen LogP contribution in [0.1, 0.15) is 28.4 Å². The van der Waals surface area contributed by atoms with Gasteiger partial charge in [-0.25, -0.2) is 0 Å². The lowest BCUT2D eigenvalue weighted by Gasteiger charge is -2.11. The number of allylic oxidation sites excluding steroid dienone is 2. The van der Waals surface area contributed by atoms with E-state index in [1.165, 1.54) is 6.08 Å². The van der Waals surface area contributed by atoms with Crippen molar-refractivity contribution in [2.75, 3.05) is 19.0 Å². The number of phenols is 1. The SMILES string of the molecule is C=CCc1cc(/C=C/C(=O)c2ccc(NC)cc2)c(OCC)cc1O. The second kappa shape index (κ2) is 8.73. The molecule has 0 radical (unpaired) electrons. The summed E-state index contributed by atoms with van der Waals surface area (Å²) in [7, 11) is 1.83. The van der Waals surface area contributed by atoms with E-state index in [9.17, 15) is 9.90 Å². The minimum absolute atomic E-state index is 0.0940. The van der Waals surface area contributed by atoms with Gasteiger partial charge in [-0.1, -0.05) is 6.08 Å². The molecule has 4 nitrogen and oxygen atoms in total. The highest BCUT2D eigenvalue weighted by atomic mass is 16.5. The van der Waals surface area contributed by atoms with Gasteiger partial charge in [-0.05, 0) is 61.4 Å². The lowest BCUT2D eigenvalue weighted by atomic mass is 10.0. The van der Waals surface area contributed by atoms with E-state index in [4.69, 9.17) is 4.74 Å². The Bertz CT molecular complexity index is 776. The maximum Gasteiger partial charge on any atom is 0.185 e. The van der Waals surface area contributed by atoms with Crippen molar-refractivity contribution in [3.63, 3.8) is 0 Å². The van der Waals surface area contributed by atoms with Crippen molar-refractivity contribution < 1.29 is 14.6 Å². The Labute approximate surface area is 148 Å². The van der Waals surface area contributed by atoms with E-state index in [0.717, 1.165) is 16.8 Å². The smallest absolute Gasteiger partial charge is 0.185 e. The molecular formula is C21H23NO3. The first-order valence-corrected chi connectivity index (χ1v) is 8.18. The quantitative estimate of drug-likeness (QED) is 0.424. The van der Waals surface area contributed by atoms with Crippen LogP contribution in [0.25, 0.3) is 6.08 Å². The molecular weight excluding hydrogens is 314 g/mol. The molecule has 0 amide bonds. The zero-order valence-corrected chi connectivity index (χ0v) is 14.6. The Kier molecular flexibility index (Phi) is 6.40. The number of anilines is 1. The molecule has 2 aromatic rings. The van der Waals surface area contributed by atoms with Crippen molar-refractivity contribution in [3.8, 4) is 11.5 Å². The first-order valence-electron chi connectivity index (χ1n) is 8.18. The fraction of sp³-hybridized carbons (Fsp3) is 0.190. The Morgan fingerprint density at radius 3 is 2.60 bits per heavy atom. The van der Waals surface area contributed by atoms with Crippen LogP contribution >= 0.6 is 0 Å². The van der Waals surface area contributed by atoms with Gasteiger partial charge in [0.1, 0.15) is 11.5 Å². The highest BCUT2D eigenvalue weighted by molar-refractivity contribution is 6.07. The predicted octanol–water partition coefficient (Wildman–Crippen LogP) is 4.46. The number of rotatable bonds is 8. The summed E-state index contributed by atoms with van der Waals surface area (Å²) in [6, 6.07) is 10.7. The molecule has 0 aliphatic rings. The third-order valence-corrected chi connectivity index (χ3v) is 3.75. The number of carbonyl (C=O) groups excluding carboxylic acids is 1. The number of nitrogens with one attached hydrogen (secondary N) is 1. The largest absolute Gasteiger partial charge is 0.508 e. The van der Waals surface area contributed by atoms with Crippen LogP contribution in [0.3, 0.4) is 0 Å². The number of ether oxygens (including phenoxy) is 1. The lowest BCUT2D eigenvalue weighted by Crippen LogP contribution is -1.97. The van der Waals surface area contributed by atoms with Crippen LogP contribution in [0.15, 0.2) is 55.1 Å². The van der Waals surface area contributed by atoms with E-state index < -0.39 is 0 Å². The molecule has 0 bridgehead atoms. The molecule has 0 aliphatic heterocycles. The van der Waals surface area contributed by atoms with Gasteiger partial charge in [0.2, 0.25) is 0 Å². The third kappa shape index (κ3) is 4.73. The molecule has 0 heterocycles. The summed E-state index contributed by atoms with van der Waals surface area (Å²) in [5.74, 6) is 0.611. The van der Waals surface area contributed by atoms with Gasteiger partial charge in [0.15, 0.2) is 5.78 Å². The number of aromatic hydroxyl groups is 1. The summed E-state index contributed by atoms with van der Waals surface area (Å²) < 4.78 is 5.56. The molecule has 4 heteroatoms. The standard InChI is InChI=1S/C21H23NO3/c1-4-6-16-13-17(21(25-5-2)14-20(16)24)9-12-19(23)15-7-10-18(22-3)11-8-15/h4,7-14,22,24H,1,5-6H2,2-3H3/b12-9+. The molecule has 0 atom stereocenters. The number of hydrogen-bond acceptors (Lipinski definition) is 4. The zero-order chi connectivity index (χ0) is 18.2. The van der Waals surface area contributed by atoms with Gasteiger partial charge in [0.25, 0.3) is 0 Å². The highest BCUT2D eigenvalue weighted by Gasteiger charge is 2.09. The molecule has 0 spiro atoms. The van der Waals surface area contributed by atoms with Gasteiger partial charge >= 0.3 is 0 Å². The summed E-state index contributed by atoms with van der Waals surface area (Å²) in [6.45, 7) is 6.04. The van der Waals surface area contributed by atoms with E-state index in [-0.39, 0.29) is 11.5 Å². The van der Waals surface area contributed by atoms with Gasteiger partial charge in [-0.3, -0.25) is 4.79 Å². The molecule has 0 fully saturated rings. The second-order valence-corrected chi connectivity index (χ2v) is 5.47. The van der Waals surface area contributed by atoms with E-state index in [1.807, 2.05) is 32.2 Å². The Hall–Kier alpha value is -3.01. The minimum atomic E-state index is -0.0940. The molecule has 0 aliphatic carbocycles. The van der Waals surface area contributed by atoms with Gasteiger partial charge in [-0.15, -0.1) is 6.58 Å². The fourth-order valence-electron chi connectivity index (χ4n) is 2.43. The first kappa shape index (κ1) is 18.3. The van der Waals surface area contributed by atoms with Crippen molar-refractivity contribution >= 4 is 17.5 Å². The van der Waals surface area contributed by atoms with Crippen LogP contribution in [0.4, 0.5) is 5.69 Å². The van der Waals surface area contributed by atoms with E-state index in [2.05, 4.69) is 11.9 Å². The topological polar surface area (TPSA) is 58.6 Å². The van der Waals surface area contributed by atoms with Crippen molar-refractivity contribution in [3.05, 3.63) is 71.8 Å². The lowest BCUT2D eigenvalue weighted by molar-refractivity contribution is 0.104. The Balaban J connectivity index is 2.29. The molecule has 0 saturated carbocycles. The summed E-state index contributed by atoms with van der Waals surface area (Å²) in [5.41, 5.74) is 3.05. The number of phenolic OH excluding ortho intramolecular Hbond substituents is 1. The van der Waals surface area contributed by atoms with Gasteiger partial charge in [0.05, 0.1) is 6.61 Å². The van der Waals surface area contributed by atoms with Crippen molar-refractivity contribution in [1.29, 1.82) is 0 Å². The molecule has 2 N–H and O–H groups in total. The second-order valence-electron chi connectivity index (χ2n) is 5.47. The number of hydrogen-bond donors (Lipinski definition) is 2. The summed E-state index contributed by atoms with van der Waals surface area (Å²) in [5, 5.41) is 13.1. The molecule has 0 saturated heterocycles. The van der Waals surface area contributed by atoms with Crippen molar-refractivity contribution in [1.82, 2.24) is 0 Å². The Morgan fingerprint density at radius 1 is 1.28 bits per heavy atom. The van der Waals surface area contributed by atoms with Gasteiger partial charge in [-0.2, -0.15) is 0 Å². The van der Waals surface area contributed by atoms with Crippen LogP contribution in [0, 0.1) is 0 Å². The van der Waals surface area contributed by atoms with Crippen molar-refractivity contribution in [2.45, 2.75) is 13.3 Å². The molecule has 2 aromatic carbocycles. The molecule has 0 aromatic heterocycles. The molecule has 130 valence electrons. The van der Waals surface area contributed by atoms with Crippen LogP contribution in [0.2, 0.25) is 0 Å². The predicted molar refractivity (Wildman–Crippen MR) is 103 cm³/mol. The number of ketones is 1. The average molecular weight is 337 g/mol. The van der Waals surface area contributed by atoms with Crippen LogP contribution in [-0.2, 0) is 6.42 Å². The monoisotopic (exact) mass is 337 g/mol. The number of benzene rings is 2. The van der Waals surface area contributed by atoms with Crippen LogP contribution in [0.5, 0.6) is 11.5 Å².